The number of aromatic amines is 1. The van der Waals surface area contributed by atoms with Gasteiger partial charge in [-0.2, -0.15) is 13.2 Å². The molecule has 0 saturated carbocycles. The molecule has 0 aliphatic carbocycles. The number of aryl methyl sites for hydroxylation is 1. The van der Waals surface area contributed by atoms with Crippen LogP contribution < -0.4 is 0 Å². The van der Waals surface area contributed by atoms with Gasteiger partial charge in [0.05, 0.1) is 11.1 Å². The normalized spacial score (nSPS) is 12.2. The summed E-state index contributed by atoms with van der Waals surface area (Å²) in [6.07, 6.45) is -1.29. The SMILES string of the molecule is CCCc1c(-c2ccc(O)c(C(F)(F)F)c2)[nH]c2ccc3nccc3c2c1C. The summed E-state index contributed by atoms with van der Waals surface area (Å²) in [7, 11) is 0. The summed E-state index contributed by atoms with van der Waals surface area (Å²) in [6, 6.07) is 9.39. The third kappa shape index (κ3) is 2.89. The Morgan fingerprint density at radius 2 is 1.89 bits per heavy atom. The van der Waals surface area contributed by atoms with E-state index in [9.17, 15) is 18.3 Å². The number of phenolic OH excluding ortho intramolecular Hbond substituents is 1. The Bertz CT molecular complexity index is 1190. The van der Waals surface area contributed by atoms with Crippen molar-refractivity contribution in [3.05, 3.63) is 59.3 Å². The van der Waals surface area contributed by atoms with Crippen LogP contribution in [-0.4, -0.2) is 15.1 Å². The first-order chi connectivity index (χ1) is 13.3. The molecule has 28 heavy (non-hydrogen) atoms. The van der Waals surface area contributed by atoms with Crippen LogP contribution in [0.5, 0.6) is 5.75 Å². The molecule has 2 heterocycles. The number of hydrogen-bond donors (Lipinski definition) is 2. The summed E-state index contributed by atoms with van der Waals surface area (Å²) in [5, 5.41) is 11.7. The van der Waals surface area contributed by atoms with E-state index in [2.05, 4.69) is 9.97 Å². The molecule has 3 nitrogen and oxygen atoms in total. The highest BCUT2D eigenvalue weighted by Crippen LogP contribution is 2.40. The zero-order chi connectivity index (χ0) is 20.1. The van der Waals surface area contributed by atoms with Gasteiger partial charge in [0.1, 0.15) is 5.75 Å². The second-order valence-corrected chi connectivity index (χ2v) is 6.95. The first kappa shape index (κ1) is 18.3. The Kier molecular flexibility index (Phi) is 4.29. The second-order valence-electron chi connectivity index (χ2n) is 6.95. The van der Waals surface area contributed by atoms with E-state index in [4.69, 9.17) is 0 Å². The van der Waals surface area contributed by atoms with Crippen LogP contribution in [0.3, 0.4) is 0 Å². The molecule has 0 aliphatic heterocycles. The van der Waals surface area contributed by atoms with Crippen molar-refractivity contribution in [3.63, 3.8) is 0 Å². The highest BCUT2D eigenvalue weighted by Gasteiger charge is 2.34. The predicted molar refractivity (Wildman–Crippen MR) is 104 cm³/mol. The van der Waals surface area contributed by atoms with Gasteiger partial charge in [0, 0.05) is 28.2 Å². The first-order valence-electron chi connectivity index (χ1n) is 9.10. The van der Waals surface area contributed by atoms with Crippen molar-refractivity contribution in [1.82, 2.24) is 9.97 Å². The standard InChI is InChI=1S/C22H19F3N2O/c1-3-4-14-12(2)20-15-9-10-26-17(15)6-7-18(20)27-21(14)13-5-8-19(28)16(11-13)22(23,24)25/h5-11,27-28H,3-4H2,1-2H3. The number of nitrogens with one attached hydrogen (secondary N) is 1. The summed E-state index contributed by atoms with van der Waals surface area (Å²) < 4.78 is 39.9. The van der Waals surface area contributed by atoms with Crippen molar-refractivity contribution in [2.45, 2.75) is 32.9 Å². The van der Waals surface area contributed by atoms with Gasteiger partial charge in [0.25, 0.3) is 0 Å². The van der Waals surface area contributed by atoms with Gasteiger partial charge >= 0.3 is 6.18 Å². The summed E-state index contributed by atoms with van der Waals surface area (Å²) in [5.41, 5.74) is 3.76. The number of halogens is 3. The van der Waals surface area contributed by atoms with Crippen LogP contribution >= 0.6 is 0 Å². The van der Waals surface area contributed by atoms with Gasteiger partial charge in [-0.1, -0.05) is 13.3 Å². The van der Waals surface area contributed by atoms with E-state index in [0.29, 0.717) is 11.3 Å². The monoisotopic (exact) mass is 384 g/mol. The van der Waals surface area contributed by atoms with Crippen LogP contribution in [0.1, 0.15) is 30.0 Å². The number of alkyl halides is 3. The molecule has 2 N–H and O–H groups in total. The average molecular weight is 384 g/mol. The zero-order valence-electron chi connectivity index (χ0n) is 15.5. The highest BCUT2D eigenvalue weighted by molar-refractivity contribution is 6.08. The number of aromatic hydroxyl groups is 1. The van der Waals surface area contributed by atoms with Crippen molar-refractivity contribution in [2.24, 2.45) is 0 Å². The Balaban J connectivity index is 2.04. The first-order valence-corrected chi connectivity index (χ1v) is 9.10. The maximum Gasteiger partial charge on any atom is 0.419 e. The number of phenols is 1. The quantitative estimate of drug-likeness (QED) is 0.431. The van der Waals surface area contributed by atoms with Gasteiger partial charge in [0.15, 0.2) is 0 Å². The number of nitrogens with zero attached hydrogens (tertiary/aromatic N) is 1. The molecule has 144 valence electrons. The Morgan fingerprint density at radius 3 is 2.61 bits per heavy atom. The molecular weight excluding hydrogens is 365 g/mol. The fourth-order valence-corrected chi connectivity index (χ4v) is 3.87. The summed E-state index contributed by atoms with van der Waals surface area (Å²) in [5.74, 6) is -0.768. The number of pyridine rings is 1. The van der Waals surface area contributed by atoms with E-state index in [1.165, 1.54) is 6.07 Å². The minimum Gasteiger partial charge on any atom is -0.507 e. The molecule has 2 aromatic heterocycles. The molecule has 0 spiro atoms. The lowest BCUT2D eigenvalue weighted by molar-refractivity contribution is -0.138. The van der Waals surface area contributed by atoms with Gasteiger partial charge in [-0.05, 0) is 66.4 Å². The molecule has 0 amide bonds. The van der Waals surface area contributed by atoms with E-state index >= 15 is 0 Å². The lowest BCUT2D eigenvalue weighted by atomic mass is 9.93. The Labute approximate surface area is 159 Å². The fourth-order valence-electron chi connectivity index (χ4n) is 3.87. The van der Waals surface area contributed by atoms with Gasteiger partial charge < -0.3 is 10.1 Å². The van der Waals surface area contributed by atoms with Crippen molar-refractivity contribution in [3.8, 4) is 17.0 Å². The molecule has 4 rings (SSSR count). The number of hydrogen-bond acceptors (Lipinski definition) is 2. The maximum atomic E-state index is 13.3. The molecule has 6 heteroatoms. The Morgan fingerprint density at radius 1 is 1.11 bits per heavy atom. The maximum absolute atomic E-state index is 13.3. The van der Waals surface area contributed by atoms with Crippen LogP contribution in [0.15, 0.2) is 42.6 Å². The molecule has 4 aromatic rings. The lowest BCUT2D eigenvalue weighted by Crippen LogP contribution is -2.06. The van der Waals surface area contributed by atoms with E-state index < -0.39 is 17.5 Å². The number of aromatic nitrogens is 2. The smallest absolute Gasteiger partial charge is 0.419 e. The number of benzene rings is 2. The molecule has 0 saturated heterocycles. The fraction of sp³-hybridized carbons (Fsp3) is 0.227. The van der Waals surface area contributed by atoms with Crippen LogP contribution in [0, 0.1) is 6.92 Å². The topological polar surface area (TPSA) is 48.9 Å². The summed E-state index contributed by atoms with van der Waals surface area (Å²) in [4.78, 5) is 7.69. The summed E-state index contributed by atoms with van der Waals surface area (Å²) >= 11 is 0. The van der Waals surface area contributed by atoms with Crippen molar-refractivity contribution >= 4 is 21.8 Å². The molecule has 0 fully saturated rings. The number of H-pyrrole nitrogens is 1. The minimum atomic E-state index is -4.62. The van der Waals surface area contributed by atoms with Crippen LogP contribution in [-0.2, 0) is 12.6 Å². The Hall–Kier alpha value is -3.02. The van der Waals surface area contributed by atoms with Gasteiger partial charge in [-0.25, -0.2) is 0 Å². The molecular formula is C22H19F3N2O. The zero-order valence-corrected chi connectivity index (χ0v) is 15.5. The van der Waals surface area contributed by atoms with Crippen LogP contribution in [0.4, 0.5) is 13.2 Å². The molecule has 0 bridgehead atoms. The van der Waals surface area contributed by atoms with Gasteiger partial charge in [-0.15, -0.1) is 0 Å². The molecule has 2 aromatic carbocycles. The number of rotatable bonds is 3. The predicted octanol–water partition coefficient (Wildman–Crippen LogP) is 6.37. The van der Waals surface area contributed by atoms with Crippen molar-refractivity contribution in [2.75, 3.05) is 0 Å². The largest absolute Gasteiger partial charge is 0.507 e. The van der Waals surface area contributed by atoms with Crippen molar-refractivity contribution < 1.29 is 18.3 Å². The molecule has 0 atom stereocenters. The van der Waals surface area contributed by atoms with E-state index in [1.807, 2.05) is 32.0 Å². The highest BCUT2D eigenvalue weighted by atomic mass is 19.4. The van der Waals surface area contributed by atoms with E-state index in [1.54, 1.807) is 6.20 Å². The average Bonchev–Trinajstić information content (AvgIpc) is 3.12. The van der Waals surface area contributed by atoms with E-state index in [-0.39, 0.29) is 0 Å². The van der Waals surface area contributed by atoms with Crippen LogP contribution in [0.25, 0.3) is 33.1 Å². The third-order valence-corrected chi connectivity index (χ3v) is 5.16. The van der Waals surface area contributed by atoms with Gasteiger partial charge in [0.2, 0.25) is 0 Å². The number of fused-ring (bicyclic) bond motifs is 3. The van der Waals surface area contributed by atoms with Gasteiger partial charge in [-0.3, -0.25) is 4.98 Å². The molecule has 0 aliphatic rings. The minimum absolute atomic E-state index is 0.402. The van der Waals surface area contributed by atoms with Crippen LogP contribution in [0.2, 0.25) is 0 Å². The molecule has 0 radical (unpaired) electrons. The molecule has 0 unspecified atom stereocenters. The van der Waals surface area contributed by atoms with Crippen molar-refractivity contribution in [1.29, 1.82) is 0 Å². The lowest BCUT2D eigenvalue weighted by Gasteiger charge is -2.18. The third-order valence-electron chi connectivity index (χ3n) is 5.16. The second kappa shape index (κ2) is 6.55. The van der Waals surface area contributed by atoms with E-state index in [0.717, 1.165) is 57.9 Å². The summed E-state index contributed by atoms with van der Waals surface area (Å²) in [6.45, 7) is 4.04.